The van der Waals surface area contributed by atoms with Crippen molar-refractivity contribution in [2.45, 2.75) is 38.6 Å². The van der Waals surface area contributed by atoms with Gasteiger partial charge in [0.15, 0.2) is 0 Å². The number of nitrogens with zero attached hydrogens (tertiary/aromatic N) is 1. The van der Waals surface area contributed by atoms with E-state index >= 15 is 0 Å². The molecule has 3 nitrogen and oxygen atoms in total. The van der Waals surface area contributed by atoms with Gasteiger partial charge in [-0.25, -0.2) is 4.98 Å². The van der Waals surface area contributed by atoms with Crippen LogP contribution in [-0.4, -0.2) is 21.8 Å². The summed E-state index contributed by atoms with van der Waals surface area (Å²) in [5.41, 5.74) is 0.825. The molecule has 5 heteroatoms. The van der Waals surface area contributed by atoms with Crippen molar-refractivity contribution in [2.24, 2.45) is 0 Å². The van der Waals surface area contributed by atoms with Gasteiger partial charge in [-0.2, -0.15) is 0 Å². The third-order valence-electron chi connectivity index (χ3n) is 3.05. The molecule has 88 valence electrons. The zero-order valence-corrected chi connectivity index (χ0v) is 11.9. The van der Waals surface area contributed by atoms with Gasteiger partial charge < -0.3 is 5.32 Å². The number of hydrogen-bond donors (Lipinski definition) is 1. The Bertz CT molecular complexity index is 407. The Balaban J connectivity index is 2.11. The van der Waals surface area contributed by atoms with Gasteiger partial charge in [-0.3, -0.25) is 4.79 Å². The molecule has 1 N–H and O–H groups in total. The molecule has 1 aliphatic carbocycles. The van der Waals surface area contributed by atoms with Gasteiger partial charge in [-0.15, -0.1) is 11.3 Å². The van der Waals surface area contributed by atoms with Gasteiger partial charge in [-0.1, -0.05) is 15.9 Å². The number of nitrogens with one attached hydrogen (secondary N) is 1. The van der Waals surface area contributed by atoms with Crippen molar-refractivity contribution in [3.05, 3.63) is 15.6 Å². The summed E-state index contributed by atoms with van der Waals surface area (Å²) in [5.74, 6) is 0.0299. The van der Waals surface area contributed by atoms with E-state index in [0.717, 1.165) is 33.8 Å². The van der Waals surface area contributed by atoms with Crippen molar-refractivity contribution in [1.29, 1.82) is 0 Å². The molecular weight excluding hydrogens is 288 g/mol. The molecule has 0 atom stereocenters. The minimum absolute atomic E-state index is 0.0125. The fraction of sp³-hybridized carbons (Fsp3) is 0.636. The standard InChI is InChI=1S/C11H15BrN2OS/c1-7-9(16-8(2)13-7)10(15)14-11(6-12)4-3-5-11/h3-6H2,1-2H3,(H,14,15). The molecule has 0 spiro atoms. The van der Waals surface area contributed by atoms with Crippen LogP contribution in [0.5, 0.6) is 0 Å². The summed E-state index contributed by atoms with van der Waals surface area (Å²) >= 11 is 4.95. The Morgan fingerprint density at radius 1 is 1.56 bits per heavy atom. The van der Waals surface area contributed by atoms with Crippen LogP contribution in [0, 0.1) is 13.8 Å². The first kappa shape index (κ1) is 12.0. The highest BCUT2D eigenvalue weighted by atomic mass is 79.9. The first-order valence-electron chi connectivity index (χ1n) is 5.39. The highest BCUT2D eigenvalue weighted by Crippen LogP contribution is 2.34. The zero-order chi connectivity index (χ0) is 11.8. The van der Waals surface area contributed by atoms with E-state index in [4.69, 9.17) is 0 Å². The van der Waals surface area contributed by atoms with Crippen LogP contribution in [0.25, 0.3) is 0 Å². The van der Waals surface area contributed by atoms with Gasteiger partial charge in [0.1, 0.15) is 4.88 Å². The van der Waals surface area contributed by atoms with Crippen LogP contribution in [0.1, 0.15) is 39.6 Å². The summed E-state index contributed by atoms with van der Waals surface area (Å²) in [6, 6.07) is 0. The van der Waals surface area contributed by atoms with E-state index in [0.29, 0.717) is 0 Å². The smallest absolute Gasteiger partial charge is 0.263 e. The van der Waals surface area contributed by atoms with Crippen LogP contribution in [-0.2, 0) is 0 Å². The number of carbonyl (C=O) groups excluding carboxylic acids is 1. The monoisotopic (exact) mass is 302 g/mol. The number of carbonyl (C=O) groups is 1. The SMILES string of the molecule is Cc1nc(C)c(C(=O)NC2(CBr)CCC2)s1. The second-order valence-corrected chi connectivity index (χ2v) is 6.13. The highest BCUT2D eigenvalue weighted by molar-refractivity contribution is 9.09. The molecule has 1 fully saturated rings. The first-order valence-corrected chi connectivity index (χ1v) is 7.33. The molecule has 1 aliphatic rings. The van der Waals surface area contributed by atoms with Gasteiger partial charge in [0.05, 0.1) is 16.2 Å². The summed E-state index contributed by atoms with van der Waals surface area (Å²) in [5, 5.41) is 4.92. The fourth-order valence-corrected chi connectivity index (χ4v) is 3.45. The molecule has 1 saturated carbocycles. The fourth-order valence-electron chi connectivity index (χ4n) is 1.94. The normalized spacial score (nSPS) is 17.9. The van der Waals surface area contributed by atoms with Crippen LogP contribution in [0.3, 0.4) is 0 Å². The predicted molar refractivity (Wildman–Crippen MR) is 69.4 cm³/mol. The number of hydrogen-bond acceptors (Lipinski definition) is 3. The topological polar surface area (TPSA) is 42.0 Å². The van der Waals surface area contributed by atoms with Crippen molar-refractivity contribution >= 4 is 33.2 Å². The van der Waals surface area contributed by atoms with Crippen LogP contribution < -0.4 is 5.32 Å². The molecule has 0 aromatic carbocycles. The first-order chi connectivity index (χ1) is 7.56. The van der Waals surface area contributed by atoms with E-state index in [9.17, 15) is 4.79 Å². The number of rotatable bonds is 3. The molecule has 0 radical (unpaired) electrons. The largest absolute Gasteiger partial charge is 0.345 e. The summed E-state index contributed by atoms with van der Waals surface area (Å²) in [6.07, 6.45) is 3.34. The lowest BCUT2D eigenvalue weighted by Crippen LogP contribution is -2.54. The minimum Gasteiger partial charge on any atom is -0.345 e. The molecule has 1 heterocycles. The van der Waals surface area contributed by atoms with Crippen molar-refractivity contribution in [3.63, 3.8) is 0 Å². The molecule has 0 aliphatic heterocycles. The molecule has 2 rings (SSSR count). The van der Waals surface area contributed by atoms with Gasteiger partial charge in [-0.05, 0) is 33.1 Å². The van der Waals surface area contributed by atoms with E-state index in [1.807, 2.05) is 13.8 Å². The Morgan fingerprint density at radius 2 is 2.25 bits per heavy atom. The van der Waals surface area contributed by atoms with Crippen LogP contribution in [0.2, 0.25) is 0 Å². The van der Waals surface area contributed by atoms with Crippen molar-refractivity contribution < 1.29 is 4.79 Å². The predicted octanol–water partition coefficient (Wildman–Crippen LogP) is 2.81. The molecule has 1 aromatic heterocycles. The molecule has 0 bridgehead atoms. The summed E-state index contributed by atoms with van der Waals surface area (Å²) in [6.45, 7) is 3.82. The van der Waals surface area contributed by atoms with Crippen molar-refractivity contribution in [3.8, 4) is 0 Å². The number of aryl methyl sites for hydroxylation is 2. The summed E-state index contributed by atoms with van der Waals surface area (Å²) in [4.78, 5) is 17.1. The number of alkyl halides is 1. The Hall–Kier alpha value is -0.420. The molecule has 0 unspecified atom stereocenters. The maximum atomic E-state index is 12.1. The quantitative estimate of drug-likeness (QED) is 0.873. The molecule has 16 heavy (non-hydrogen) atoms. The number of aromatic nitrogens is 1. The minimum atomic E-state index is -0.0125. The number of halogens is 1. The van der Waals surface area contributed by atoms with Gasteiger partial charge in [0, 0.05) is 5.33 Å². The van der Waals surface area contributed by atoms with Gasteiger partial charge >= 0.3 is 0 Å². The summed E-state index contributed by atoms with van der Waals surface area (Å²) in [7, 11) is 0. The number of thiazole rings is 1. The molecule has 1 amide bonds. The molecule has 0 saturated heterocycles. The maximum Gasteiger partial charge on any atom is 0.263 e. The van der Waals surface area contributed by atoms with Gasteiger partial charge in [0.25, 0.3) is 5.91 Å². The second kappa shape index (κ2) is 4.45. The van der Waals surface area contributed by atoms with Crippen LogP contribution in [0.15, 0.2) is 0 Å². The molecule has 1 aromatic rings. The van der Waals surface area contributed by atoms with Crippen molar-refractivity contribution in [1.82, 2.24) is 10.3 Å². The van der Waals surface area contributed by atoms with Crippen molar-refractivity contribution in [2.75, 3.05) is 5.33 Å². The van der Waals surface area contributed by atoms with Gasteiger partial charge in [0.2, 0.25) is 0 Å². The molecular formula is C11H15BrN2OS. The Morgan fingerprint density at radius 3 is 2.62 bits per heavy atom. The van der Waals surface area contributed by atoms with Crippen LogP contribution in [0.4, 0.5) is 0 Å². The average Bonchev–Trinajstić information content (AvgIpc) is 2.51. The third-order valence-corrected chi connectivity index (χ3v) is 5.20. The Kier molecular flexibility index (Phi) is 3.35. The lowest BCUT2D eigenvalue weighted by Gasteiger charge is -2.41. The summed E-state index contributed by atoms with van der Waals surface area (Å²) < 4.78 is 0. The van der Waals surface area contributed by atoms with E-state index in [-0.39, 0.29) is 11.4 Å². The van der Waals surface area contributed by atoms with E-state index in [2.05, 4.69) is 26.2 Å². The Labute approximate surface area is 108 Å². The zero-order valence-electron chi connectivity index (χ0n) is 9.47. The maximum absolute atomic E-state index is 12.1. The third kappa shape index (κ3) is 2.15. The van der Waals surface area contributed by atoms with E-state index < -0.39 is 0 Å². The lowest BCUT2D eigenvalue weighted by atomic mass is 9.78. The average molecular weight is 303 g/mol. The van der Waals surface area contributed by atoms with E-state index in [1.54, 1.807) is 0 Å². The highest BCUT2D eigenvalue weighted by Gasteiger charge is 2.37. The van der Waals surface area contributed by atoms with Crippen LogP contribution >= 0.6 is 27.3 Å². The lowest BCUT2D eigenvalue weighted by molar-refractivity contribution is 0.0860. The number of amides is 1. The van der Waals surface area contributed by atoms with E-state index in [1.165, 1.54) is 17.8 Å². The second-order valence-electron chi connectivity index (χ2n) is 4.37.